The number of alkyl halides is 3. The number of benzene rings is 2. The van der Waals surface area contributed by atoms with Crippen LogP contribution >= 0.6 is 11.6 Å². The number of hydrogen-bond acceptors (Lipinski definition) is 4. The fourth-order valence-corrected chi connectivity index (χ4v) is 3.27. The lowest BCUT2D eigenvalue weighted by Gasteiger charge is -2.42. The van der Waals surface area contributed by atoms with Crippen LogP contribution in [0.5, 0.6) is 5.75 Å². The van der Waals surface area contributed by atoms with E-state index >= 15 is 0 Å². The van der Waals surface area contributed by atoms with Crippen molar-refractivity contribution in [1.29, 1.82) is 0 Å². The Morgan fingerprint density at radius 3 is 2.31 bits per heavy atom. The van der Waals surface area contributed by atoms with Crippen molar-refractivity contribution in [2.75, 3.05) is 19.8 Å². The average molecular weight is 429 g/mol. The summed E-state index contributed by atoms with van der Waals surface area (Å²) >= 11 is 5.79. The van der Waals surface area contributed by atoms with Crippen LogP contribution in [-0.4, -0.2) is 47.8 Å². The van der Waals surface area contributed by atoms with E-state index < -0.39 is 23.7 Å². The number of rotatable bonds is 5. The van der Waals surface area contributed by atoms with E-state index in [-0.39, 0.29) is 26.4 Å². The third kappa shape index (κ3) is 5.29. The van der Waals surface area contributed by atoms with Crippen molar-refractivity contribution in [2.45, 2.75) is 18.8 Å². The number of hydrogen-bond donors (Lipinski definition) is 0. The first-order valence-corrected chi connectivity index (χ1v) is 9.09. The molecule has 2 aromatic rings. The molecule has 9 heteroatoms. The molecular weight excluding hydrogens is 412 g/mol. The summed E-state index contributed by atoms with van der Waals surface area (Å²) in [6.45, 7) is -0.132. The van der Waals surface area contributed by atoms with Crippen molar-refractivity contribution in [3.8, 4) is 5.75 Å². The highest BCUT2D eigenvalue weighted by atomic mass is 35.5. The quantitative estimate of drug-likeness (QED) is 0.525. The van der Waals surface area contributed by atoms with E-state index in [4.69, 9.17) is 16.3 Å². The molecule has 3 rings (SSSR count). The molecule has 1 unspecified atom stereocenters. The molecule has 1 heterocycles. The Labute approximate surface area is 169 Å². The van der Waals surface area contributed by atoms with Gasteiger partial charge in [0, 0.05) is 24.7 Å². The highest BCUT2D eigenvalue weighted by molar-refractivity contribution is 6.30. The van der Waals surface area contributed by atoms with Gasteiger partial charge >= 0.3 is 6.18 Å². The van der Waals surface area contributed by atoms with Crippen molar-refractivity contribution >= 4 is 17.5 Å². The Bertz CT molecular complexity index is 881. The molecule has 1 fully saturated rings. The molecule has 2 aromatic carbocycles. The Kier molecular flexibility index (Phi) is 6.47. The molecule has 1 atom stereocenters. The van der Waals surface area contributed by atoms with E-state index in [0.29, 0.717) is 16.3 Å². The van der Waals surface area contributed by atoms with Crippen molar-refractivity contribution in [2.24, 2.45) is 0 Å². The minimum absolute atomic E-state index is 0.0384. The van der Waals surface area contributed by atoms with Crippen LogP contribution in [0, 0.1) is 5.82 Å². The number of halogens is 5. The van der Waals surface area contributed by atoms with Crippen molar-refractivity contribution < 1.29 is 27.1 Å². The lowest BCUT2D eigenvalue weighted by Crippen LogP contribution is -2.57. The predicted octanol–water partition coefficient (Wildman–Crippen LogP) is 4.28. The zero-order valence-electron chi connectivity index (χ0n) is 15.1. The summed E-state index contributed by atoms with van der Waals surface area (Å²) < 4.78 is 59.9. The van der Waals surface area contributed by atoms with Crippen molar-refractivity contribution in [3.63, 3.8) is 0 Å². The second-order valence-electron chi connectivity index (χ2n) is 6.52. The number of piperazine rings is 1. The van der Waals surface area contributed by atoms with Crippen molar-refractivity contribution in [1.82, 2.24) is 9.80 Å². The molecule has 1 aliphatic heterocycles. The van der Waals surface area contributed by atoms with E-state index in [0.717, 1.165) is 4.90 Å². The van der Waals surface area contributed by atoms with Gasteiger partial charge in [-0.2, -0.15) is 13.2 Å². The summed E-state index contributed by atoms with van der Waals surface area (Å²) in [6.07, 6.45) is -4.69. The molecule has 29 heavy (non-hydrogen) atoms. The molecule has 0 N–H and O–H groups in total. The molecule has 154 valence electrons. The molecule has 0 aliphatic carbocycles. The van der Waals surface area contributed by atoms with E-state index in [2.05, 4.69) is 0 Å². The second kappa shape index (κ2) is 8.86. The van der Waals surface area contributed by atoms with Gasteiger partial charge in [0.2, 0.25) is 0 Å². The molecular formula is C20H17ClF4N2O2. The molecule has 0 aromatic heterocycles. The maximum Gasteiger partial charge on any atom is 0.410 e. The summed E-state index contributed by atoms with van der Waals surface area (Å²) in [5.74, 6) is 1.39. The standard InChI is InChI=1S/C20H17ClF4N2O2/c21-15-3-7-17(8-4-15)29-13-27-10-9-26(11-14-1-5-16(22)6-2-14)19(18(27)12-28)20(23,24)25/h1-8,19H,9-11,13H2. The van der Waals surface area contributed by atoms with Gasteiger partial charge in [0.25, 0.3) is 0 Å². The van der Waals surface area contributed by atoms with Crippen LogP contribution in [0.25, 0.3) is 0 Å². The minimum atomic E-state index is -4.69. The topological polar surface area (TPSA) is 32.8 Å². The van der Waals surface area contributed by atoms with Crippen LogP contribution in [0.1, 0.15) is 5.56 Å². The summed E-state index contributed by atoms with van der Waals surface area (Å²) in [6, 6.07) is 9.42. The van der Waals surface area contributed by atoms with Crippen LogP contribution < -0.4 is 4.74 Å². The smallest absolute Gasteiger partial charge is 0.410 e. The summed E-state index contributed by atoms with van der Waals surface area (Å²) in [5, 5.41) is 0.498. The first-order valence-electron chi connectivity index (χ1n) is 8.71. The zero-order chi connectivity index (χ0) is 21.0. The van der Waals surface area contributed by atoms with Crippen molar-refractivity contribution in [3.05, 3.63) is 70.6 Å². The lowest BCUT2D eigenvalue weighted by molar-refractivity contribution is -0.187. The van der Waals surface area contributed by atoms with E-state index in [1.807, 2.05) is 0 Å². The van der Waals surface area contributed by atoms with Crippen LogP contribution in [-0.2, 0) is 11.3 Å². The van der Waals surface area contributed by atoms with Gasteiger partial charge in [-0.05, 0) is 42.0 Å². The summed E-state index contributed by atoms with van der Waals surface area (Å²) in [5.41, 5.74) is -0.0309. The molecule has 4 nitrogen and oxygen atoms in total. The fourth-order valence-electron chi connectivity index (χ4n) is 3.14. The van der Waals surface area contributed by atoms with E-state index in [1.165, 1.54) is 35.1 Å². The number of carbonyl (C=O) groups excluding carboxylic acids is 1. The van der Waals surface area contributed by atoms with Gasteiger partial charge in [-0.25, -0.2) is 9.18 Å². The average Bonchev–Trinajstić information content (AvgIpc) is 2.68. The first-order chi connectivity index (χ1) is 13.8. The van der Waals surface area contributed by atoms with Gasteiger partial charge < -0.3 is 9.64 Å². The Morgan fingerprint density at radius 2 is 1.72 bits per heavy atom. The monoisotopic (exact) mass is 428 g/mol. The van der Waals surface area contributed by atoms with Gasteiger partial charge in [-0.1, -0.05) is 23.7 Å². The van der Waals surface area contributed by atoms with Crippen LogP contribution in [0.15, 0.2) is 54.2 Å². The van der Waals surface area contributed by atoms with E-state index in [1.54, 1.807) is 24.3 Å². The maximum absolute atomic E-state index is 13.8. The molecule has 0 bridgehead atoms. The van der Waals surface area contributed by atoms with Crippen LogP contribution in [0.3, 0.4) is 0 Å². The van der Waals surface area contributed by atoms with Gasteiger partial charge in [-0.3, -0.25) is 4.90 Å². The predicted molar refractivity (Wildman–Crippen MR) is 99.5 cm³/mol. The lowest BCUT2D eigenvalue weighted by atomic mass is 10.1. The maximum atomic E-state index is 13.8. The highest BCUT2D eigenvalue weighted by Crippen LogP contribution is 2.34. The second-order valence-corrected chi connectivity index (χ2v) is 6.96. The number of nitrogens with zero attached hydrogens (tertiary/aromatic N) is 2. The third-order valence-corrected chi connectivity index (χ3v) is 4.79. The molecule has 0 saturated carbocycles. The molecule has 1 saturated heterocycles. The Balaban J connectivity index is 1.76. The summed E-state index contributed by atoms with van der Waals surface area (Å²) in [7, 11) is 0. The zero-order valence-corrected chi connectivity index (χ0v) is 15.9. The Morgan fingerprint density at radius 1 is 1.07 bits per heavy atom. The van der Waals surface area contributed by atoms with Crippen LogP contribution in [0.2, 0.25) is 5.02 Å². The highest BCUT2D eigenvalue weighted by Gasteiger charge is 2.50. The van der Waals surface area contributed by atoms with E-state index in [9.17, 15) is 22.4 Å². The molecule has 0 amide bonds. The normalized spacial score (nSPS) is 17.9. The molecule has 0 radical (unpaired) electrons. The largest absolute Gasteiger partial charge is 0.473 e. The molecule has 1 aliphatic rings. The van der Waals surface area contributed by atoms with Gasteiger partial charge in [0.1, 0.15) is 23.2 Å². The van der Waals surface area contributed by atoms with Crippen LogP contribution in [0.4, 0.5) is 17.6 Å². The van der Waals surface area contributed by atoms with Gasteiger partial charge in [-0.15, -0.1) is 0 Å². The third-order valence-electron chi connectivity index (χ3n) is 4.54. The summed E-state index contributed by atoms with van der Waals surface area (Å²) in [4.78, 5) is 13.8. The Hall–Kier alpha value is -2.54. The fraction of sp³-hybridized carbons (Fsp3) is 0.300. The van der Waals surface area contributed by atoms with Gasteiger partial charge in [0.15, 0.2) is 12.8 Å². The number of ether oxygens (including phenoxy) is 1. The SMILES string of the molecule is O=C=C1C(C(F)(F)F)N(Cc2ccc(F)cc2)CCN1COc1ccc(Cl)cc1. The van der Waals surface area contributed by atoms with Gasteiger partial charge in [0.05, 0.1) is 0 Å². The minimum Gasteiger partial charge on any atom is -0.473 e. The molecule has 0 spiro atoms. The first kappa shape index (κ1) is 21.2.